The maximum Gasteiger partial charge on any atom is 0.269 e. The van der Waals surface area contributed by atoms with E-state index in [4.69, 9.17) is 0 Å². The van der Waals surface area contributed by atoms with Gasteiger partial charge >= 0.3 is 0 Å². The molecule has 33 heavy (non-hydrogen) atoms. The van der Waals surface area contributed by atoms with Crippen molar-refractivity contribution in [3.8, 4) is 0 Å². The summed E-state index contributed by atoms with van der Waals surface area (Å²) < 4.78 is 33.4. The van der Waals surface area contributed by atoms with E-state index < -0.39 is 10.4 Å². The molecule has 9 heteroatoms. The van der Waals surface area contributed by atoms with Gasteiger partial charge in [0.2, 0.25) is 21.4 Å². The second-order valence-electron chi connectivity index (χ2n) is 7.37. The Hall–Kier alpha value is -3.40. The first-order valence-corrected chi connectivity index (χ1v) is 11.7. The first-order valence-electron chi connectivity index (χ1n) is 10.3. The molecule has 4 rings (SSSR count). The number of para-hydroxylation sites is 2. The standard InChI is InChI=1S/C23H21N2O2.CH4O4S/c26-25(27)21-14-12-18(13-15-21)7-5-6-16-24-22-10-3-1-8-19(22)17-20-9-2-4-11-23(20)24;1-5-6(2,3)4/h1-4,8-15,17H,5-7,16H2;1H3,(H,2,3,4)/q+1;/p-1. The van der Waals surface area contributed by atoms with Crippen LogP contribution >= 0.6 is 0 Å². The maximum atomic E-state index is 10.7. The van der Waals surface area contributed by atoms with Crippen LogP contribution in [0.3, 0.4) is 0 Å². The first kappa shape index (κ1) is 24.2. The molecule has 0 saturated heterocycles. The van der Waals surface area contributed by atoms with E-state index in [2.05, 4.69) is 63.3 Å². The molecule has 0 amide bonds. The lowest BCUT2D eigenvalue weighted by atomic mass is 10.1. The van der Waals surface area contributed by atoms with E-state index in [-0.39, 0.29) is 10.6 Å². The summed E-state index contributed by atoms with van der Waals surface area (Å²) in [5.41, 5.74) is 3.81. The molecule has 3 aromatic carbocycles. The van der Waals surface area contributed by atoms with Gasteiger partial charge < -0.3 is 4.55 Å². The summed E-state index contributed by atoms with van der Waals surface area (Å²) in [6, 6.07) is 26.2. The van der Waals surface area contributed by atoms with Gasteiger partial charge in [-0.3, -0.25) is 14.3 Å². The predicted molar refractivity (Wildman–Crippen MR) is 124 cm³/mol. The Morgan fingerprint density at radius 3 is 1.88 bits per heavy atom. The highest BCUT2D eigenvalue weighted by atomic mass is 32.3. The third kappa shape index (κ3) is 6.79. The number of pyridine rings is 1. The number of aryl methyl sites for hydroxylation is 2. The summed E-state index contributed by atoms with van der Waals surface area (Å²) in [6.07, 6.45) is 3.03. The quantitative estimate of drug-likeness (QED) is 0.0760. The van der Waals surface area contributed by atoms with E-state index in [0.717, 1.165) is 38.5 Å². The number of nitrogens with zero attached hydrogens (tertiary/aromatic N) is 2. The van der Waals surface area contributed by atoms with Gasteiger partial charge in [0.1, 0.15) is 6.54 Å². The molecule has 0 aliphatic heterocycles. The molecule has 4 aromatic rings. The van der Waals surface area contributed by atoms with Crippen LogP contribution in [-0.4, -0.2) is 25.0 Å². The van der Waals surface area contributed by atoms with Crippen LogP contribution in [-0.2, 0) is 27.5 Å². The van der Waals surface area contributed by atoms with Crippen LogP contribution in [0.15, 0.2) is 78.9 Å². The number of non-ortho nitro benzene ring substituents is 1. The van der Waals surface area contributed by atoms with Crippen LogP contribution < -0.4 is 4.57 Å². The molecule has 172 valence electrons. The molecule has 0 aliphatic carbocycles. The molecule has 0 N–H and O–H groups in total. The Labute approximate surface area is 192 Å². The molecule has 0 radical (unpaired) electrons. The van der Waals surface area contributed by atoms with E-state index >= 15 is 0 Å². The number of unbranched alkanes of at least 4 members (excludes halogenated alkanes) is 1. The fourth-order valence-corrected chi connectivity index (χ4v) is 3.63. The minimum Gasteiger partial charge on any atom is -0.726 e. The molecule has 0 atom stereocenters. The first-order chi connectivity index (χ1) is 15.8. The number of hydrogen-bond acceptors (Lipinski definition) is 6. The highest BCUT2D eigenvalue weighted by Gasteiger charge is 2.14. The van der Waals surface area contributed by atoms with Gasteiger partial charge in [-0.05, 0) is 36.6 Å². The van der Waals surface area contributed by atoms with Gasteiger partial charge in [0.05, 0.1) is 12.0 Å². The SMILES string of the molecule is COS(=O)(=O)[O-].O=[N+]([O-])c1ccc(CCCC[n+]2c3ccccc3cc3ccccc32)cc1. The van der Waals surface area contributed by atoms with E-state index in [9.17, 15) is 23.1 Å². The van der Waals surface area contributed by atoms with Gasteiger partial charge in [0, 0.05) is 41.5 Å². The van der Waals surface area contributed by atoms with Crippen molar-refractivity contribution in [3.05, 3.63) is 94.5 Å². The van der Waals surface area contributed by atoms with Gasteiger partial charge in [-0.2, -0.15) is 4.57 Å². The van der Waals surface area contributed by atoms with Gasteiger partial charge in [-0.25, -0.2) is 8.42 Å². The molecule has 1 heterocycles. The zero-order chi connectivity index (χ0) is 23.8. The summed E-state index contributed by atoms with van der Waals surface area (Å²) in [6.45, 7) is 0.953. The van der Waals surface area contributed by atoms with Crippen LogP contribution in [0, 0.1) is 10.1 Å². The summed E-state index contributed by atoms with van der Waals surface area (Å²) in [5.74, 6) is 0. The van der Waals surface area contributed by atoms with E-state index in [1.165, 1.54) is 21.8 Å². The van der Waals surface area contributed by atoms with Crippen molar-refractivity contribution in [2.75, 3.05) is 7.11 Å². The lowest BCUT2D eigenvalue weighted by molar-refractivity contribution is -0.645. The van der Waals surface area contributed by atoms with E-state index in [1.54, 1.807) is 12.1 Å². The fourth-order valence-electron chi connectivity index (χ4n) is 3.63. The van der Waals surface area contributed by atoms with E-state index in [0.29, 0.717) is 0 Å². The van der Waals surface area contributed by atoms with Gasteiger partial charge in [0.15, 0.2) is 0 Å². The zero-order valence-corrected chi connectivity index (χ0v) is 18.9. The monoisotopic (exact) mass is 468 g/mol. The second kappa shape index (κ2) is 11.0. The molecule has 0 unspecified atom stereocenters. The van der Waals surface area contributed by atoms with Crippen LogP contribution in [0.25, 0.3) is 21.8 Å². The van der Waals surface area contributed by atoms with Crippen LogP contribution in [0.2, 0.25) is 0 Å². The van der Waals surface area contributed by atoms with Crippen LogP contribution in [0.4, 0.5) is 5.69 Å². The topological polar surface area (TPSA) is 113 Å². The average Bonchev–Trinajstić information content (AvgIpc) is 2.81. The number of hydrogen-bond donors (Lipinski definition) is 0. The summed E-state index contributed by atoms with van der Waals surface area (Å²) >= 11 is 0. The average molecular weight is 469 g/mol. The van der Waals surface area contributed by atoms with Crippen molar-refractivity contribution in [2.24, 2.45) is 0 Å². The third-order valence-corrected chi connectivity index (χ3v) is 5.62. The second-order valence-corrected chi connectivity index (χ2v) is 8.52. The number of fused-ring (bicyclic) bond motifs is 2. The molecule has 1 aromatic heterocycles. The molecular weight excluding hydrogens is 444 g/mol. The number of aromatic nitrogens is 1. The van der Waals surface area contributed by atoms with Crippen molar-refractivity contribution in [3.63, 3.8) is 0 Å². The van der Waals surface area contributed by atoms with Crippen molar-refractivity contribution in [2.45, 2.75) is 25.8 Å². The predicted octanol–water partition coefficient (Wildman–Crippen LogP) is 4.30. The Bertz CT molecular complexity index is 1300. The molecule has 0 bridgehead atoms. The molecule has 0 fully saturated rings. The Kier molecular flexibility index (Phi) is 8.05. The minimum absolute atomic E-state index is 0.150. The van der Waals surface area contributed by atoms with E-state index in [1.807, 2.05) is 12.1 Å². The fraction of sp³-hybridized carbons (Fsp3) is 0.208. The van der Waals surface area contributed by atoms with Crippen LogP contribution in [0.5, 0.6) is 0 Å². The summed E-state index contributed by atoms with van der Waals surface area (Å²) in [7, 11) is -3.60. The van der Waals surface area contributed by atoms with Gasteiger partial charge in [0.25, 0.3) is 5.69 Å². The zero-order valence-electron chi connectivity index (χ0n) is 18.1. The Morgan fingerprint density at radius 1 is 0.879 bits per heavy atom. The smallest absolute Gasteiger partial charge is 0.269 e. The highest BCUT2D eigenvalue weighted by Crippen LogP contribution is 2.19. The van der Waals surface area contributed by atoms with Crippen molar-refractivity contribution in [1.82, 2.24) is 0 Å². The Morgan fingerprint density at radius 2 is 1.39 bits per heavy atom. The number of nitro benzene ring substituents is 1. The maximum absolute atomic E-state index is 10.7. The largest absolute Gasteiger partial charge is 0.726 e. The number of rotatable bonds is 7. The van der Waals surface area contributed by atoms with Crippen molar-refractivity contribution >= 4 is 37.9 Å². The molecule has 0 saturated carbocycles. The minimum atomic E-state index is -4.41. The van der Waals surface area contributed by atoms with Crippen molar-refractivity contribution < 1.29 is 26.6 Å². The molecular formula is C24H24N2O6S. The Balaban J connectivity index is 0.000000454. The number of nitro groups is 1. The van der Waals surface area contributed by atoms with Gasteiger partial charge in [-0.15, -0.1) is 0 Å². The van der Waals surface area contributed by atoms with Crippen LogP contribution in [0.1, 0.15) is 18.4 Å². The lowest BCUT2D eigenvalue weighted by Crippen LogP contribution is -2.35. The highest BCUT2D eigenvalue weighted by molar-refractivity contribution is 7.80. The molecule has 8 nitrogen and oxygen atoms in total. The molecule has 0 spiro atoms. The third-order valence-electron chi connectivity index (χ3n) is 5.21. The van der Waals surface area contributed by atoms with Gasteiger partial charge in [-0.1, -0.05) is 36.4 Å². The summed E-state index contributed by atoms with van der Waals surface area (Å²) in [5, 5.41) is 13.3. The van der Waals surface area contributed by atoms with Crippen molar-refractivity contribution in [1.29, 1.82) is 0 Å². The normalized spacial score (nSPS) is 11.2. The number of benzene rings is 3. The molecule has 0 aliphatic rings. The lowest BCUT2D eigenvalue weighted by Gasteiger charge is -2.06. The summed E-state index contributed by atoms with van der Waals surface area (Å²) in [4.78, 5) is 10.4.